The van der Waals surface area contributed by atoms with E-state index in [1.807, 2.05) is 24.3 Å². The Kier molecular flexibility index (Phi) is 4.17. The summed E-state index contributed by atoms with van der Waals surface area (Å²) in [6.07, 6.45) is 1.31. The third-order valence-electron chi connectivity index (χ3n) is 3.67. The fourth-order valence-electron chi connectivity index (χ4n) is 2.28. The van der Waals surface area contributed by atoms with E-state index >= 15 is 0 Å². The molecule has 22 heavy (non-hydrogen) atoms. The van der Waals surface area contributed by atoms with Crippen molar-refractivity contribution in [2.24, 2.45) is 0 Å². The Balaban J connectivity index is 2.33. The summed E-state index contributed by atoms with van der Waals surface area (Å²) in [5.41, 5.74) is 2.33. The molecule has 0 amide bonds. The number of benzene rings is 1. The van der Waals surface area contributed by atoms with E-state index < -0.39 is 4.92 Å². The fraction of sp³-hybridized carbons (Fsp3) is 0.353. The second-order valence-corrected chi connectivity index (χ2v) is 6.51. The lowest BCUT2D eigenvalue weighted by Crippen LogP contribution is -2.20. The quantitative estimate of drug-likeness (QED) is 0.644. The van der Waals surface area contributed by atoms with Crippen molar-refractivity contribution in [1.29, 1.82) is 0 Å². The first-order valence-corrected chi connectivity index (χ1v) is 7.13. The number of nitrogens with zero attached hydrogens (tertiary/aromatic N) is 2. The third kappa shape index (κ3) is 3.42. The zero-order valence-electron chi connectivity index (χ0n) is 13.3. The summed E-state index contributed by atoms with van der Waals surface area (Å²) < 4.78 is 1.37. The van der Waals surface area contributed by atoms with Gasteiger partial charge in [0.2, 0.25) is 0 Å². The number of hydrogen-bond donors (Lipinski definition) is 0. The first-order valence-electron chi connectivity index (χ1n) is 7.13. The standard InChI is InChI=1S/C17H20N2O3/c1-12-9-16(20)18(11-15(12)19(21)22)10-13-5-7-14(8-6-13)17(2,3)4/h5-9,11H,10H2,1-4H3. The molecule has 1 aromatic heterocycles. The largest absolute Gasteiger partial charge is 0.304 e. The van der Waals surface area contributed by atoms with Gasteiger partial charge >= 0.3 is 0 Å². The molecule has 2 rings (SSSR count). The fourth-order valence-corrected chi connectivity index (χ4v) is 2.28. The molecule has 1 aromatic carbocycles. The van der Waals surface area contributed by atoms with Gasteiger partial charge in [0, 0.05) is 11.6 Å². The van der Waals surface area contributed by atoms with Crippen molar-refractivity contribution >= 4 is 5.69 Å². The zero-order valence-corrected chi connectivity index (χ0v) is 13.3. The van der Waals surface area contributed by atoms with Gasteiger partial charge in [-0.2, -0.15) is 0 Å². The molecular weight excluding hydrogens is 280 g/mol. The van der Waals surface area contributed by atoms with Gasteiger partial charge in [0.1, 0.15) is 0 Å². The van der Waals surface area contributed by atoms with Gasteiger partial charge in [-0.1, -0.05) is 45.0 Å². The minimum Gasteiger partial charge on any atom is -0.304 e. The van der Waals surface area contributed by atoms with Crippen molar-refractivity contribution in [3.8, 4) is 0 Å². The Morgan fingerprint density at radius 3 is 2.27 bits per heavy atom. The van der Waals surface area contributed by atoms with E-state index in [4.69, 9.17) is 0 Å². The minimum atomic E-state index is -0.464. The van der Waals surface area contributed by atoms with Crippen molar-refractivity contribution in [3.05, 3.63) is 73.7 Å². The Hall–Kier alpha value is -2.43. The van der Waals surface area contributed by atoms with Crippen molar-refractivity contribution in [1.82, 2.24) is 4.57 Å². The number of hydrogen-bond acceptors (Lipinski definition) is 3. The summed E-state index contributed by atoms with van der Waals surface area (Å²) >= 11 is 0. The van der Waals surface area contributed by atoms with Crippen molar-refractivity contribution in [2.75, 3.05) is 0 Å². The van der Waals surface area contributed by atoms with E-state index in [1.165, 1.54) is 22.4 Å². The highest BCUT2D eigenvalue weighted by molar-refractivity contribution is 5.36. The average molecular weight is 300 g/mol. The summed E-state index contributed by atoms with van der Waals surface area (Å²) in [5, 5.41) is 11.0. The molecule has 0 aliphatic carbocycles. The van der Waals surface area contributed by atoms with Crippen LogP contribution < -0.4 is 5.56 Å². The van der Waals surface area contributed by atoms with Gasteiger partial charge in [-0.15, -0.1) is 0 Å². The van der Waals surface area contributed by atoms with Crippen molar-refractivity contribution in [3.63, 3.8) is 0 Å². The number of nitro groups is 1. The van der Waals surface area contributed by atoms with Crippen LogP contribution in [0.2, 0.25) is 0 Å². The molecule has 0 bridgehead atoms. The van der Waals surface area contributed by atoms with Gasteiger partial charge in [0.15, 0.2) is 0 Å². The number of aryl methyl sites for hydroxylation is 1. The minimum absolute atomic E-state index is 0.0362. The van der Waals surface area contributed by atoms with Gasteiger partial charge in [-0.05, 0) is 23.5 Å². The van der Waals surface area contributed by atoms with Crippen molar-refractivity contribution in [2.45, 2.75) is 39.7 Å². The first-order chi connectivity index (χ1) is 10.2. The molecule has 0 saturated heterocycles. The molecule has 5 nitrogen and oxygen atoms in total. The van der Waals surface area contributed by atoms with Gasteiger partial charge in [0.05, 0.1) is 17.7 Å². The van der Waals surface area contributed by atoms with Crippen LogP contribution in [0.5, 0.6) is 0 Å². The molecular formula is C17H20N2O3. The van der Waals surface area contributed by atoms with E-state index in [2.05, 4.69) is 20.8 Å². The maximum absolute atomic E-state index is 12.0. The van der Waals surface area contributed by atoms with Crippen molar-refractivity contribution < 1.29 is 4.92 Å². The Morgan fingerprint density at radius 1 is 1.18 bits per heavy atom. The lowest BCUT2D eigenvalue weighted by molar-refractivity contribution is -0.385. The second-order valence-electron chi connectivity index (χ2n) is 6.51. The molecule has 0 aliphatic rings. The van der Waals surface area contributed by atoms with E-state index in [0.717, 1.165) is 5.56 Å². The number of pyridine rings is 1. The number of rotatable bonds is 3. The van der Waals surface area contributed by atoms with Crippen LogP contribution in [-0.4, -0.2) is 9.49 Å². The normalized spacial score (nSPS) is 11.5. The molecule has 0 unspecified atom stereocenters. The van der Waals surface area contributed by atoms with Crippen LogP contribution in [0, 0.1) is 17.0 Å². The van der Waals surface area contributed by atoms with E-state index in [0.29, 0.717) is 12.1 Å². The molecule has 2 aromatic rings. The molecule has 0 atom stereocenters. The van der Waals surface area contributed by atoms with Crippen LogP contribution in [-0.2, 0) is 12.0 Å². The summed E-state index contributed by atoms with van der Waals surface area (Å²) in [6.45, 7) is 8.30. The maximum Gasteiger partial charge on any atom is 0.288 e. The van der Waals surface area contributed by atoms with Crippen LogP contribution in [0.25, 0.3) is 0 Å². The lowest BCUT2D eigenvalue weighted by Gasteiger charge is -2.19. The lowest BCUT2D eigenvalue weighted by atomic mass is 9.87. The Labute approximate surface area is 129 Å². The Morgan fingerprint density at radius 2 is 1.77 bits per heavy atom. The molecule has 0 spiro atoms. The number of aromatic nitrogens is 1. The predicted molar refractivity (Wildman–Crippen MR) is 86.3 cm³/mol. The van der Waals surface area contributed by atoms with Crippen LogP contribution in [0.4, 0.5) is 5.69 Å². The van der Waals surface area contributed by atoms with Crippen LogP contribution in [0.1, 0.15) is 37.5 Å². The molecule has 5 heteroatoms. The molecule has 116 valence electrons. The second kappa shape index (κ2) is 5.75. The molecule has 0 saturated carbocycles. The average Bonchev–Trinajstić information content (AvgIpc) is 2.41. The molecule has 0 fully saturated rings. The third-order valence-corrected chi connectivity index (χ3v) is 3.67. The highest BCUT2D eigenvalue weighted by Crippen LogP contribution is 2.22. The summed E-state index contributed by atoms with van der Waals surface area (Å²) in [5.74, 6) is 0. The van der Waals surface area contributed by atoms with Gasteiger partial charge in [0.25, 0.3) is 11.2 Å². The first kappa shape index (κ1) is 15.9. The van der Waals surface area contributed by atoms with Gasteiger partial charge in [-0.3, -0.25) is 14.9 Å². The van der Waals surface area contributed by atoms with E-state index in [-0.39, 0.29) is 16.7 Å². The maximum atomic E-state index is 12.0. The predicted octanol–water partition coefficient (Wildman–Crippen LogP) is 3.41. The molecule has 0 aliphatic heterocycles. The van der Waals surface area contributed by atoms with Crippen LogP contribution in [0.15, 0.2) is 41.3 Å². The highest BCUT2D eigenvalue weighted by Gasteiger charge is 2.15. The Bertz CT molecular complexity index is 753. The van der Waals surface area contributed by atoms with Gasteiger partial charge in [-0.25, -0.2) is 0 Å². The SMILES string of the molecule is Cc1cc(=O)n(Cc2ccc(C(C)(C)C)cc2)cc1[N+](=O)[O-]. The topological polar surface area (TPSA) is 65.1 Å². The summed E-state index contributed by atoms with van der Waals surface area (Å²) in [6, 6.07) is 9.28. The summed E-state index contributed by atoms with van der Waals surface area (Å²) in [7, 11) is 0. The van der Waals surface area contributed by atoms with Gasteiger partial charge < -0.3 is 4.57 Å². The highest BCUT2D eigenvalue weighted by atomic mass is 16.6. The van der Waals surface area contributed by atoms with E-state index in [9.17, 15) is 14.9 Å². The summed E-state index contributed by atoms with van der Waals surface area (Å²) in [4.78, 5) is 22.5. The molecule has 0 radical (unpaired) electrons. The molecule has 0 N–H and O–H groups in total. The van der Waals surface area contributed by atoms with Crippen LogP contribution in [0.3, 0.4) is 0 Å². The zero-order chi connectivity index (χ0) is 16.5. The van der Waals surface area contributed by atoms with Crippen LogP contribution >= 0.6 is 0 Å². The van der Waals surface area contributed by atoms with E-state index in [1.54, 1.807) is 6.92 Å². The monoisotopic (exact) mass is 300 g/mol. The molecule has 1 heterocycles. The smallest absolute Gasteiger partial charge is 0.288 e.